The van der Waals surface area contributed by atoms with Crippen LogP contribution in [0, 0.1) is 16.7 Å². The molecule has 0 amide bonds. The van der Waals surface area contributed by atoms with Crippen LogP contribution in [0.1, 0.15) is 79.1 Å². The van der Waals surface area contributed by atoms with Crippen molar-refractivity contribution in [2.24, 2.45) is 16.7 Å². The van der Waals surface area contributed by atoms with E-state index in [9.17, 15) is 14.4 Å². The van der Waals surface area contributed by atoms with Crippen molar-refractivity contribution in [3.63, 3.8) is 0 Å². The number of phosphoric acid groups is 1. The fourth-order valence-corrected chi connectivity index (χ4v) is 5.88. The fraction of sp³-hybridized carbons (Fsp3) is 1.00. The van der Waals surface area contributed by atoms with Gasteiger partial charge in [0, 0.05) is 5.41 Å². The maximum atomic E-state index is 11.5. The van der Waals surface area contributed by atoms with Crippen molar-refractivity contribution in [2.45, 2.75) is 84.7 Å². The summed E-state index contributed by atoms with van der Waals surface area (Å²) in [4.78, 5) is 18.7. The molecule has 21 heavy (non-hydrogen) atoms. The Morgan fingerprint density at radius 2 is 1.67 bits per heavy atom. The van der Waals surface area contributed by atoms with Gasteiger partial charge in [-0.1, -0.05) is 20.8 Å². The van der Waals surface area contributed by atoms with E-state index in [2.05, 4.69) is 20.8 Å². The van der Waals surface area contributed by atoms with Gasteiger partial charge in [0.05, 0.1) is 5.60 Å². The van der Waals surface area contributed by atoms with Crippen LogP contribution in [0.5, 0.6) is 0 Å². The lowest BCUT2D eigenvalue weighted by Gasteiger charge is -2.51. The second kappa shape index (κ2) is 5.63. The van der Waals surface area contributed by atoms with E-state index in [1.165, 1.54) is 12.8 Å². The summed E-state index contributed by atoms with van der Waals surface area (Å²) in [7, 11) is -4.45. The molecule has 4 nitrogen and oxygen atoms in total. The lowest BCUT2D eigenvalue weighted by molar-refractivity contribution is -0.0912. The van der Waals surface area contributed by atoms with Crippen molar-refractivity contribution >= 4 is 7.82 Å². The molecule has 2 fully saturated rings. The van der Waals surface area contributed by atoms with Crippen LogP contribution < -0.4 is 0 Å². The molecule has 0 heterocycles. The standard InChI is InChI=1S/C16H31O4P/c1-5-16(13-7-11-14(2,3)12-8-13)10-6-9-15(16,4)20-21(17,18)19/h13H,5-12H2,1-4H3,(H2,17,18,19). The van der Waals surface area contributed by atoms with Gasteiger partial charge in [-0.05, 0) is 69.6 Å². The van der Waals surface area contributed by atoms with Gasteiger partial charge < -0.3 is 9.79 Å². The summed E-state index contributed by atoms with van der Waals surface area (Å²) in [6.45, 7) is 8.73. The molecule has 2 saturated carbocycles. The highest BCUT2D eigenvalue weighted by Crippen LogP contribution is 2.63. The zero-order valence-corrected chi connectivity index (χ0v) is 14.8. The van der Waals surface area contributed by atoms with Gasteiger partial charge >= 0.3 is 7.82 Å². The molecule has 0 saturated heterocycles. The Hall–Kier alpha value is 0.110. The predicted octanol–water partition coefficient (Wildman–Crippen LogP) is 4.65. The van der Waals surface area contributed by atoms with E-state index in [0.717, 1.165) is 38.5 Å². The van der Waals surface area contributed by atoms with Crippen LogP contribution in [-0.2, 0) is 9.09 Å². The Morgan fingerprint density at radius 3 is 2.14 bits per heavy atom. The first kappa shape index (κ1) is 17.5. The maximum absolute atomic E-state index is 11.5. The zero-order valence-electron chi connectivity index (χ0n) is 13.9. The van der Waals surface area contributed by atoms with Crippen molar-refractivity contribution in [3.05, 3.63) is 0 Å². The van der Waals surface area contributed by atoms with Crippen molar-refractivity contribution in [2.75, 3.05) is 0 Å². The van der Waals surface area contributed by atoms with Crippen LogP contribution in [-0.4, -0.2) is 15.4 Å². The Bertz CT molecular complexity index is 420. The normalized spacial score (nSPS) is 37.8. The molecule has 2 atom stereocenters. The van der Waals surface area contributed by atoms with Crippen molar-refractivity contribution in [3.8, 4) is 0 Å². The Balaban J connectivity index is 2.25. The zero-order chi connectivity index (χ0) is 15.9. The highest BCUT2D eigenvalue weighted by atomic mass is 31.2. The van der Waals surface area contributed by atoms with Crippen LogP contribution in [0.2, 0.25) is 0 Å². The van der Waals surface area contributed by atoms with Crippen LogP contribution in [0.3, 0.4) is 0 Å². The molecule has 0 spiro atoms. The smallest absolute Gasteiger partial charge is 0.303 e. The van der Waals surface area contributed by atoms with Crippen LogP contribution >= 0.6 is 7.82 Å². The molecular formula is C16H31O4P. The largest absolute Gasteiger partial charge is 0.470 e. The van der Waals surface area contributed by atoms with Crippen molar-refractivity contribution in [1.82, 2.24) is 0 Å². The third kappa shape index (κ3) is 3.39. The minimum Gasteiger partial charge on any atom is -0.303 e. The SMILES string of the molecule is CCC1(C2CCC(C)(C)CC2)CCCC1(C)OP(=O)(O)O. The Kier molecular flexibility index (Phi) is 4.68. The molecule has 0 aromatic rings. The van der Waals surface area contributed by atoms with Gasteiger partial charge in [-0.15, -0.1) is 0 Å². The predicted molar refractivity (Wildman–Crippen MR) is 83.8 cm³/mol. The molecular weight excluding hydrogens is 287 g/mol. The van der Waals surface area contributed by atoms with Gasteiger partial charge in [0.1, 0.15) is 0 Å². The lowest BCUT2D eigenvalue weighted by Crippen LogP contribution is -2.49. The van der Waals surface area contributed by atoms with E-state index in [4.69, 9.17) is 4.52 Å². The van der Waals surface area contributed by atoms with Crippen molar-refractivity contribution < 1.29 is 18.9 Å². The summed E-state index contributed by atoms with van der Waals surface area (Å²) in [5.74, 6) is 0.523. The molecule has 5 heteroatoms. The highest BCUT2D eigenvalue weighted by Gasteiger charge is 2.58. The van der Waals surface area contributed by atoms with E-state index in [1.54, 1.807) is 0 Å². The van der Waals surface area contributed by atoms with Crippen LogP contribution in [0.4, 0.5) is 0 Å². The molecule has 2 aliphatic carbocycles. The number of hydrogen-bond acceptors (Lipinski definition) is 2. The molecule has 2 aliphatic rings. The van der Waals surface area contributed by atoms with Gasteiger partial charge in [0.15, 0.2) is 0 Å². The third-order valence-corrected chi connectivity index (χ3v) is 7.04. The van der Waals surface area contributed by atoms with E-state index in [0.29, 0.717) is 11.3 Å². The Labute approximate surface area is 128 Å². The number of hydrogen-bond donors (Lipinski definition) is 2. The Morgan fingerprint density at radius 1 is 1.10 bits per heavy atom. The topological polar surface area (TPSA) is 66.8 Å². The summed E-state index contributed by atoms with van der Waals surface area (Å²) in [6.07, 6.45) is 8.44. The van der Waals surface area contributed by atoms with Crippen molar-refractivity contribution in [1.29, 1.82) is 0 Å². The second-order valence-electron chi connectivity index (χ2n) is 8.11. The first-order chi connectivity index (χ1) is 9.54. The van der Waals surface area contributed by atoms with Gasteiger partial charge in [-0.2, -0.15) is 0 Å². The second-order valence-corrected chi connectivity index (χ2v) is 9.28. The van der Waals surface area contributed by atoms with Crippen LogP contribution in [0.25, 0.3) is 0 Å². The van der Waals surface area contributed by atoms with Gasteiger partial charge in [0.25, 0.3) is 0 Å². The van der Waals surface area contributed by atoms with E-state index < -0.39 is 13.4 Å². The molecule has 0 aromatic carbocycles. The molecule has 0 radical (unpaired) electrons. The number of phosphoric ester groups is 1. The first-order valence-corrected chi connectivity index (χ1v) is 9.83. The minimum atomic E-state index is -4.45. The quantitative estimate of drug-likeness (QED) is 0.740. The average molecular weight is 318 g/mol. The van der Waals surface area contributed by atoms with E-state index >= 15 is 0 Å². The fourth-order valence-electron chi connectivity index (χ4n) is 5.08. The molecule has 2 N–H and O–H groups in total. The molecule has 0 aliphatic heterocycles. The summed E-state index contributed by atoms with van der Waals surface area (Å²) in [6, 6.07) is 0. The van der Waals surface area contributed by atoms with Gasteiger partial charge in [0.2, 0.25) is 0 Å². The van der Waals surface area contributed by atoms with Crippen LogP contribution in [0.15, 0.2) is 0 Å². The lowest BCUT2D eigenvalue weighted by atomic mass is 9.57. The average Bonchev–Trinajstić information content (AvgIpc) is 2.64. The molecule has 124 valence electrons. The first-order valence-electron chi connectivity index (χ1n) is 8.30. The minimum absolute atomic E-state index is 0.0787. The highest BCUT2D eigenvalue weighted by molar-refractivity contribution is 7.46. The molecule has 0 aromatic heterocycles. The summed E-state index contributed by atoms with van der Waals surface area (Å²) in [5.41, 5.74) is -0.359. The summed E-state index contributed by atoms with van der Waals surface area (Å²) in [5, 5.41) is 0. The third-order valence-electron chi connectivity index (χ3n) is 6.40. The molecule has 2 rings (SSSR count). The van der Waals surface area contributed by atoms with E-state index in [1.807, 2.05) is 6.92 Å². The van der Waals surface area contributed by atoms with Gasteiger partial charge in [-0.3, -0.25) is 4.52 Å². The number of rotatable bonds is 4. The summed E-state index contributed by atoms with van der Waals surface area (Å²) < 4.78 is 16.8. The molecule has 0 bridgehead atoms. The van der Waals surface area contributed by atoms with E-state index in [-0.39, 0.29) is 5.41 Å². The van der Waals surface area contributed by atoms with Gasteiger partial charge in [-0.25, -0.2) is 4.57 Å². The maximum Gasteiger partial charge on any atom is 0.470 e. The summed E-state index contributed by atoms with van der Waals surface area (Å²) >= 11 is 0. The monoisotopic (exact) mass is 318 g/mol. The molecule has 2 unspecified atom stereocenters.